The van der Waals surface area contributed by atoms with Crippen LogP contribution in [0, 0.1) is 11.8 Å². The largest absolute Gasteiger partial charge is 0.468 e. The Kier molecular flexibility index (Phi) is 11.9. The van der Waals surface area contributed by atoms with E-state index in [0.29, 0.717) is 11.8 Å². The maximum absolute atomic E-state index is 7.86. The van der Waals surface area contributed by atoms with Gasteiger partial charge in [0.25, 0.3) is 6.71 Å². The highest BCUT2D eigenvalue weighted by atomic mass is 16.3. The van der Waals surface area contributed by atoms with E-state index >= 15 is 0 Å². The molecule has 8 aromatic carbocycles. The number of anilines is 9. The average molecular weight is 1130 g/mol. The maximum atomic E-state index is 7.86. The molecule has 1 aromatic heterocycles. The molecule has 0 amide bonds. The smallest absolute Gasteiger partial charge is 0.297 e. The summed E-state index contributed by atoms with van der Waals surface area (Å²) in [6, 6.07) is 63.0. The number of furan rings is 1. The van der Waals surface area contributed by atoms with Crippen LogP contribution in [0.2, 0.25) is 0 Å². The SMILES string of the molecule is CC(C)(C)c1ccc(N(c2ccc(C(C)(C)C)cc2)c2cc3c4c(c2)N(c2ccc(C(C)(C)C)cc2)c2c(oc5cc6c(cc25)C(C)(C)CCC6(C)C)B4c2cc(C(C)(C)C)ccc2N3c2cccc3c2-c2ccccc2C32C3CCC2CC3)cc1. The van der Waals surface area contributed by atoms with Crippen molar-refractivity contribution in [2.24, 2.45) is 11.8 Å². The van der Waals surface area contributed by atoms with Crippen LogP contribution in [-0.4, -0.2) is 6.71 Å². The zero-order valence-corrected chi connectivity index (χ0v) is 54.2. The summed E-state index contributed by atoms with van der Waals surface area (Å²) in [4.78, 5) is 7.91. The van der Waals surface area contributed by atoms with Crippen LogP contribution >= 0.6 is 0 Å². The Labute approximate surface area is 514 Å². The van der Waals surface area contributed by atoms with E-state index in [2.05, 4.69) is 283 Å². The van der Waals surface area contributed by atoms with Crippen LogP contribution in [0.5, 0.6) is 0 Å². The Balaban J connectivity index is 1.10. The Morgan fingerprint density at radius 2 is 0.953 bits per heavy atom. The molecule has 6 aliphatic rings. The molecule has 2 fully saturated rings. The molecular formula is C81H88BN3O. The highest BCUT2D eigenvalue weighted by Crippen LogP contribution is 2.69. The molecule has 2 bridgehead atoms. The monoisotopic (exact) mass is 1130 g/mol. The van der Waals surface area contributed by atoms with Crippen LogP contribution in [0.15, 0.2) is 162 Å². The van der Waals surface area contributed by atoms with E-state index < -0.39 is 0 Å². The van der Waals surface area contributed by atoms with Gasteiger partial charge in [-0.2, -0.15) is 0 Å². The minimum Gasteiger partial charge on any atom is -0.468 e. The Hall–Kier alpha value is -7.24. The second-order valence-corrected chi connectivity index (χ2v) is 32.4. The lowest BCUT2D eigenvalue weighted by atomic mass is 9.35. The molecule has 436 valence electrons. The van der Waals surface area contributed by atoms with E-state index in [4.69, 9.17) is 4.42 Å². The zero-order chi connectivity index (χ0) is 60.2. The molecule has 2 aliphatic heterocycles. The fraction of sp³-hybridized carbons (Fsp3) is 0.383. The molecule has 3 heterocycles. The molecule has 4 aliphatic carbocycles. The van der Waals surface area contributed by atoms with Crippen molar-refractivity contribution in [2.45, 2.75) is 187 Å². The summed E-state index contributed by atoms with van der Waals surface area (Å²) in [6.45, 7) is 37.6. The summed E-state index contributed by atoms with van der Waals surface area (Å²) in [7, 11) is 0. The van der Waals surface area contributed by atoms with E-state index in [1.807, 2.05) is 0 Å². The third-order valence-electron chi connectivity index (χ3n) is 22.1. The molecule has 2 saturated carbocycles. The number of hydrogen-bond donors (Lipinski definition) is 0. The van der Waals surface area contributed by atoms with E-state index in [9.17, 15) is 0 Å². The van der Waals surface area contributed by atoms with Gasteiger partial charge in [0.15, 0.2) is 0 Å². The first kappa shape index (κ1) is 55.4. The minimum atomic E-state index is -0.222. The molecule has 0 N–H and O–H groups in total. The van der Waals surface area contributed by atoms with Gasteiger partial charge in [-0.15, -0.1) is 0 Å². The zero-order valence-electron chi connectivity index (χ0n) is 54.2. The third-order valence-corrected chi connectivity index (χ3v) is 22.1. The molecule has 1 spiro atoms. The van der Waals surface area contributed by atoms with Crippen LogP contribution < -0.4 is 31.3 Å². The van der Waals surface area contributed by atoms with Gasteiger partial charge in [-0.1, -0.05) is 196 Å². The van der Waals surface area contributed by atoms with Crippen molar-refractivity contribution in [3.8, 4) is 11.1 Å². The lowest BCUT2D eigenvalue weighted by Gasteiger charge is -2.44. The predicted molar refractivity (Wildman–Crippen MR) is 367 cm³/mol. The topological polar surface area (TPSA) is 22.9 Å². The van der Waals surface area contributed by atoms with E-state index in [1.165, 1.54) is 115 Å². The first-order valence-electron chi connectivity index (χ1n) is 32.5. The molecule has 86 heavy (non-hydrogen) atoms. The van der Waals surface area contributed by atoms with Crippen molar-refractivity contribution in [3.63, 3.8) is 0 Å². The minimum absolute atomic E-state index is 0.00415. The van der Waals surface area contributed by atoms with Gasteiger partial charge < -0.3 is 19.1 Å². The Morgan fingerprint density at radius 3 is 1.51 bits per heavy atom. The summed E-state index contributed by atoms with van der Waals surface area (Å²) in [6.07, 6.45) is 7.47. The molecule has 0 saturated heterocycles. The van der Waals surface area contributed by atoms with Gasteiger partial charge in [-0.05, 0) is 217 Å². The number of fused-ring (bicyclic) bond motifs is 10. The van der Waals surface area contributed by atoms with Gasteiger partial charge in [0, 0.05) is 50.5 Å². The van der Waals surface area contributed by atoms with Crippen LogP contribution in [-0.2, 0) is 37.9 Å². The average Bonchev–Trinajstić information content (AvgIpc) is 1.40. The molecule has 0 atom stereocenters. The van der Waals surface area contributed by atoms with Crippen molar-refractivity contribution in [1.82, 2.24) is 0 Å². The first-order chi connectivity index (χ1) is 40.6. The third kappa shape index (κ3) is 8.06. The molecule has 4 nitrogen and oxygen atoms in total. The summed E-state index contributed by atoms with van der Waals surface area (Å²) in [5.74, 6) is 1.28. The number of rotatable bonds is 5. The predicted octanol–water partition coefficient (Wildman–Crippen LogP) is 20.6. The second-order valence-electron chi connectivity index (χ2n) is 32.4. The molecule has 0 radical (unpaired) electrons. The molecule has 15 rings (SSSR count). The number of nitrogens with zero attached hydrogens (tertiary/aromatic N) is 3. The van der Waals surface area contributed by atoms with Crippen LogP contribution in [0.1, 0.15) is 194 Å². The Bertz CT molecular complexity index is 4160. The summed E-state index contributed by atoms with van der Waals surface area (Å²) >= 11 is 0. The van der Waals surface area contributed by atoms with Crippen LogP contribution in [0.4, 0.5) is 51.2 Å². The fourth-order valence-electron chi connectivity index (χ4n) is 17.2. The molecule has 0 unspecified atom stereocenters. The van der Waals surface area contributed by atoms with Gasteiger partial charge in [-0.3, -0.25) is 0 Å². The highest BCUT2D eigenvalue weighted by molar-refractivity contribution is 7.00. The highest BCUT2D eigenvalue weighted by Gasteiger charge is 2.61. The van der Waals surface area contributed by atoms with Crippen molar-refractivity contribution >= 4 is 85.5 Å². The molecule has 5 heteroatoms. The van der Waals surface area contributed by atoms with Gasteiger partial charge in [0.1, 0.15) is 5.58 Å². The molecular weight excluding hydrogens is 1040 g/mol. The number of benzene rings is 8. The van der Waals surface area contributed by atoms with Crippen molar-refractivity contribution in [2.75, 3.05) is 14.7 Å². The standard InChI is InChI=1S/C81H88BN3O/c1-75(2,3)49-28-35-55(36-29-49)83(56-37-30-50(31-38-56)76(4,5)6)58-45-68-72-69(46-58)85(67-23-19-22-62-71(67)59-20-17-18-21-61(59)81(62)52-24-25-53(81)27-26-52)66-41-34-54(78(10,11)12)44-65(66)82(72)74-73(84(68)57-39-32-51(33-40-57)77(7,8)9)60-47-63-64(48-70(60)86-74)80(15,16)43-42-79(63,13)14/h17-23,28-41,44-48,52-53H,24-27,42-43H2,1-16H3. The quantitative estimate of drug-likeness (QED) is 0.160. The normalized spacial score (nSPS) is 20.4. The van der Waals surface area contributed by atoms with Crippen LogP contribution in [0.3, 0.4) is 0 Å². The lowest BCUT2D eigenvalue weighted by molar-refractivity contribution is 0.332. The number of hydrogen-bond acceptors (Lipinski definition) is 4. The van der Waals surface area contributed by atoms with Crippen molar-refractivity contribution < 1.29 is 4.42 Å². The van der Waals surface area contributed by atoms with E-state index in [-0.39, 0.29) is 44.6 Å². The van der Waals surface area contributed by atoms with Crippen molar-refractivity contribution in [1.29, 1.82) is 0 Å². The maximum Gasteiger partial charge on any atom is 0.297 e. The van der Waals surface area contributed by atoms with Crippen LogP contribution in [0.25, 0.3) is 22.1 Å². The van der Waals surface area contributed by atoms with Gasteiger partial charge in [0.05, 0.1) is 22.7 Å². The summed E-state index contributed by atoms with van der Waals surface area (Å²) in [5.41, 5.74) is 28.9. The Morgan fingerprint density at radius 1 is 0.453 bits per heavy atom. The first-order valence-corrected chi connectivity index (χ1v) is 32.5. The van der Waals surface area contributed by atoms with Gasteiger partial charge in [-0.25, -0.2) is 0 Å². The van der Waals surface area contributed by atoms with E-state index in [0.717, 1.165) is 52.5 Å². The van der Waals surface area contributed by atoms with E-state index in [1.54, 1.807) is 5.56 Å². The molecule has 9 aromatic rings. The summed E-state index contributed by atoms with van der Waals surface area (Å²) < 4.78 is 7.86. The second kappa shape index (κ2) is 18.4. The van der Waals surface area contributed by atoms with Crippen molar-refractivity contribution in [3.05, 3.63) is 202 Å². The fourth-order valence-corrected chi connectivity index (χ4v) is 17.2. The van der Waals surface area contributed by atoms with Gasteiger partial charge in [0.2, 0.25) is 0 Å². The summed E-state index contributed by atoms with van der Waals surface area (Å²) in [5, 5.41) is 1.18. The lowest BCUT2D eigenvalue weighted by Crippen LogP contribution is -2.61. The van der Waals surface area contributed by atoms with Gasteiger partial charge >= 0.3 is 0 Å².